The zero-order valence-electron chi connectivity index (χ0n) is 15.9. The first-order valence-electron chi connectivity index (χ1n) is 8.73. The molecule has 26 heavy (non-hydrogen) atoms. The first-order chi connectivity index (χ1) is 12.2. The Hall–Kier alpha value is -1.15. The summed E-state index contributed by atoms with van der Waals surface area (Å²) >= 11 is 6.13. The maximum absolute atomic E-state index is 13.9. The first-order valence-corrected chi connectivity index (χ1v) is 12.8. The van der Waals surface area contributed by atoms with Crippen molar-refractivity contribution in [3.63, 3.8) is 0 Å². The zero-order valence-corrected chi connectivity index (χ0v) is 17.7. The molecule has 1 aromatic carbocycles. The van der Waals surface area contributed by atoms with E-state index in [0.29, 0.717) is 17.9 Å². The van der Waals surface area contributed by atoms with E-state index < -0.39 is 25.8 Å². The van der Waals surface area contributed by atoms with Gasteiger partial charge in [0, 0.05) is 26.2 Å². The highest BCUT2D eigenvalue weighted by Crippen LogP contribution is 2.37. The summed E-state index contributed by atoms with van der Waals surface area (Å²) in [7, 11) is -1.18. The Balaban J connectivity index is 2.85. The summed E-state index contributed by atoms with van der Waals surface area (Å²) < 4.78 is 30.1. The van der Waals surface area contributed by atoms with Gasteiger partial charge in [0.1, 0.15) is 11.6 Å². The average molecular weight is 406 g/mol. The molecule has 0 aromatic heterocycles. The molecular formula is C18H29ClFNO4Si. The van der Waals surface area contributed by atoms with Crippen molar-refractivity contribution in [3.8, 4) is 5.75 Å². The van der Waals surface area contributed by atoms with E-state index in [1.54, 1.807) is 6.92 Å². The van der Waals surface area contributed by atoms with Crippen molar-refractivity contribution in [3.05, 3.63) is 28.5 Å². The summed E-state index contributed by atoms with van der Waals surface area (Å²) in [5.74, 6) is -1.14. The van der Waals surface area contributed by atoms with Crippen LogP contribution in [-0.4, -0.2) is 40.6 Å². The maximum atomic E-state index is 13.9. The third-order valence-corrected chi connectivity index (χ3v) is 5.89. The number of hydrogen-bond donors (Lipinski definition) is 1. The Morgan fingerprint density at radius 2 is 2.04 bits per heavy atom. The number of nitrogens with two attached hydrogens (primary N) is 1. The van der Waals surface area contributed by atoms with Gasteiger partial charge in [0.15, 0.2) is 6.79 Å². The number of halogens is 2. The molecular weight excluding hydrogens is 377 g/mol. The topological polar surface area (TPSA) is 70.8 Å². The summed E-state index contributed by atoms with van der Waals surface area (Å²) in [5, 5.41) is -0.0932. The van der Waals surface area contributed by atoms with Crippen LogP contribution in [0.4, 0.5) is 4.39 Å². The molecule has 0 heterocycles. The predicted octanol–water partition coefficient (Wildman–Crippen LogP) is 4.17. The molecule has 0 unspecified atom stereocenters. The molecule has 0 saturated heterocycles. The molecule has 0 bridgehead atoms. The van der Waals surface area contributed by atoms with Crippen LogP contribution < -0.4 is 10.5 Å². The molecule has 5 nitrogen and oxygen atoms in total. The Kier molecular flexibility index (Phi) is 9.56. The molecule has 8 heteroatoms. The summed E-state index contributed by atoms with van der Waals surface area (Å²) in [6.07, 6.45) is 0.000352. The van der Waals surface area contributed by atoms with Gasteiger partial charge in [-0.2, -0.15) is 0 Å². The minimum atomic E-state index is -1.18. The molecule has 0 fully saturated rings. The van der Waals surface area contributed by atoms with Crippen molar-refractivity contribution in [2.24, 2.45) is 5.73 Å². The summed E-state index contributed by atoms with van der Waals surface area (Å²) in [5.41, 5.74) is 6.16. The average Bonchev–Trinajstić information content (AvgIpc) is 2.55. The highest BCUT2D eigenvalue weighted by molar-refractivity contribution is 6.76. The van der Waals surface area contributed by atoms with E-state index in [0.717, 1.165) is 6.04 Å². The second-order valence-corrected chi connectivity index (χ2v) is 13.2. The standard InChI is InChI=1S/C18H29ClFNO4Si/c1-5-24-16(22)10-13(11-21)17-15(7-6-14(20)18(17)19)25-12-23-8-9-26(2,3)4/h6-7,13H,5,8-12,21H2,1-4H3/t13-/m0/s1. The Morgan fingerprint density at radius 1 is 1.35 bits per heavy atom. The van der Waals surface area contributed by atoms with Crippen molar-refractivity contribution in [2.45, 2.75) is 44.9 Å². The Bertz CT molecular complexity index is 595. The molecule has 0 amide bonds. The second kappa shape index (κ2) is 10.9. The molecule has 0 spiro atoms. The number of benzene rings is 1. The van der Waals surface area contributed by atoms with Crippen molar-refractivity contribution in [2.75, 3.05) is 26.6 Å². The predicted molar refractivity (Wildman–Crippen MR) is 104 cm³/mol. The van der Waals surface area contributed by atoms with Crippen LogP contribution in [0.2, 0.25) is 30.7 Å². The van der Waals surface area contributed by atoms with Gasteiger partial charge in [0.05, 0.1) is 18.1 Å². The van der Waals surface area contributed by atoms with Crippen molar-refractivity contribution >= 4 is 25.6 Å². The summed E-state index contributed by atoms with van der Waals surface area (Å²) in [6.45, 7) is 9.50. The molecule has 1 rings (SSSR count). The van der Waals surface area contributed by atoms with Crippen LogP contribution in [0.25, 0.3) is 0 Å². The van der Waals surface area contributed by atoms with E-state index in [4.69, 9.17) is 31.5 Å². The number of hydrogen-bond acceptors (Lipinski definition) is 5. The van der Waals surface area contributed by atoms with Crippen LogP contribution in [0.5, 0.6) is 5.75 Å². The normalized spacial score (nSPS) is 12.7. The molecule has 0 saturated carbocycles. The smallest absolute Gasteiger partial charge is 0.306 e. The van der Waals surface area contributed by atoms with Crippen LogP contribution in [0.3, 0.4) is 0 Å². The van der Waals surface area contributed by atoms with Crippen molar-refractivity contribution in [1.29, 1.82) is 0 Å². The molecule has 1 aromatic rings. The lowest BCUT2D eigenvalue weighted by Gasteiger charge is -2.21. The lowest BCUT2D eigenvalue weighted by atomic mass is 9.94. The van der Waals surface area contributed by atoms with Gasteiger partial charge < -0.3 is 19.9 Å². The van der Waals surface area contributed by atoms with Crippen LogP contribution >= 0.6 is 11.6 Å². The third-order valence-electron chi connectivity index (χ3n) is 3.80. The number of carbonyl (C=O) groups is 1. The van der Waals surface area contributed by atoms with Gasteiger partial charge in [0.25, 0.3) is 0 Å². The SMILES string of the molecule is CCOC(=O)C[C@@H](CN)c1c(OCOCC[Si](C)(C)C)ccc(F)c1Cl. The van der Waals surface area contributed by atoms with E-state index >= 15 is 0 Å². The second-order valence-electron chi connectivity index (χ2n) is 7.20. The zero-order chi connectivity index (χ0) is 19.7. The van der Waals surface area contributed by atoms with Gasteiger partial charge in [-0.05, 0) is 31.6 Å². The van der Waals surface area contributed by atoms with E-state index in [9.17, 15) is 9.18 Å². The van der Waals surface area contributed by atoms with E-state index in [1.807, 2.05) is 0 Å². The van der Waals surface area contributed by atoms with E-state index in [1.165, 1.54) is 12.1 Å². The molecule has 2 N–H and O–H groups in total. The highest BCUT2D eigenvalue weighted by Gasteiger charge is 2.24. The third kappa shape index (κ3) is 7.61. The van der Waals surface area contributed by atoms with Crippen molar-refractivity contribution < 1.29 is 23.4 Å². The fourth-order valence-electron chi connectivity index (χ4n) is 2.32. The highest BCUT2D eigenvalue weighted by atomic mass is 35.5. The van der Waals surface area contributed by atoms with E-state index in [-0.39, 0.29) is 31.4 Å². The molecule has 1 atom stereocenters. The van der Waals surface area contributed by atoms with Crippen LogP contribution in [-0.2, 0) is 14.3 Å². The largest absolute Gasteiger partial charge is 0.467 e. The lowest BCUT2D eigenvalue weighted by molar-refractivity contribution is -0.143. The number of ether oxygens (including phenoxy) is 3. The molecule has 148 valence electrons. The first kappa shape index (κ1) is 22.9. The number of carbonyl (C=O) groups excluding carboxylic acids is 1. The maximum Gasteiger partial charge on any atom is 0.306 e. The minimum absolute atomic E-state index is 0.000352. The van der Waals surface area contributed by atoms with E-state index in [2.05, 4.69) is 19.6 Å². The van der Waals surface area contributed by atoms with Gasteiger partial charge in [-0.3, -0.25) is 4.79 Å². The number of esters is 1. The summed E-state index contributed by atoms with van der Waals surface area (Å²) in [4.78, 5) is 11.8. The molecule has 0 aliphatic carbocycles. The summed E-state index contributed by atoms with van der Waals surface area (Å²) in [6, 6.07) is 3.72. The van der Waals surface area contributed by atoms with Gasteiger partial charge >= 0.3 is 5.97 Å². The van der Waals surface area contributed by atoms with Gasteiger partial charge in [0.2, 0.25) is 0 Å². The fraction of sp³-hybridized carbons (Fsp3) is 0.611. The van der Waals surface area contributed by atoms with Gasteiger partial charge in [-0.1, -0.05) is 31.2 Å². The quantitative estimate of drug-likeness (QED) is 0.259. The minimum Gasteiger partial charge on any atom is -0.467 e. The number of rotatable bonds is 11. The molecule has 0 aliphatic heterocycles. The van der Waals surface area contributed by atoms with Crippen molar-refractivity contribution in [1.82, 2.24) is 0 Å². The fourth-order valence-corrected chi connectivity index (χ4v) is 3.39. The Labute approximate surface area is 161 Å². The van der Waals surface area contributed by atoms with Crippen LogP contribution in [0.15, 0.2) is 12.1 Å². The van der Waals surface area contributed by atoms with Crippen LogP contribution in [0, 0.1) is 5.82 Å². The lowest BCUT2D eigenvalue weighted by Crippen LogP contribution is -2.22. The van der Waals surface area contributed by atoms with Gasteiger partial charge in [-0.25, -0.2) is 4.39 Å². The van der Waals surface area contributed by atoms with Crippen LogP contribution in [0.1, 0.15) is 24.8 Å². The molecule has 0 aliphatic rings. The Morgan fingerprint density at radius 3 is 2.62 bits per heavy atom. The monoisotopic (exact) mass is 405 g/mol. The van der Waals surface area contributed by atoms with Gasteiger partial charge in [-0.15, -0.1) is 0 Å². The molecule has 0 radical (unpaired) electrons.